The minimum Gasteiger partial charge on any atom is -0.342 e. The summed E-state index contributed by atoms with van der Waals surface area (Å²) in [7, 11) is 0. The van der Waals surface area contributed by atoms with E-state index < -0.39 is 6.67 Å². The molecule has 2 fully saturated rings. The molecule has 3 nitrogen and oxygen atoms in total. The zero-order valence-corrected chi connectivity index (χ0v) is 9.10. The molecule has 0 aromatic carbocycles. The largest absolute Gasteiger partial charge is 0.342 e. The van der Waals surface area contributed by atoms with Gasteiger partial charge in [-0.25, -0.2) is 0 Å². The number of rotatable bonds is 2. The van der Waals surface area contributed by atoms with Crippen LogP contribution in [0.3, 0.4) is 0 Å². The Labute approximate surface area is 90.0 Å². The lowest BCUT2D eigenvalue weighted by atomic mass is 9.78. The van der Waals surface area contributed by atoms with E-state index in [4.69, 9.17) is 0 Å². The molecule has 15 heavy (non-hydrogen) atoms. The molecule has 0 aromatic heterocycles. The van der Waals surface area contributed by atoms with Crippen molar-refractivity contribution < 1.29 is 9.18 Å². The summed E-state index contributed by atoms with van der Waals surface area (Å²) in [5.41, 5.74) is 0.344. The van der Waals surface area contributed by atoms with Gasteiger partial charge >= 0.3 is 0 Å². The Morgan fingerprint density at radius 2 is 2.07 bits per heavy atom. The lowest BCUT2D eigenvalue weighted by Crippen LogP contribution is -2.39. The highest BCUT2D eigenvalue weighted by Gasteiger charge is 2.40. The topological polar surface area (TPSA) is 32.3 Å². The molecule has 0 atom stereocenters. The molecular formula is C11H19FN2O. The van der Waals surface area contributed by atoms with Crippen molar-refractivity contribution in [2.45, 2.75) is 25.7 Å². The fourth-order valence-corrected chi connectivity index (χ4v) is 2.75. The van der Waals surface area contributed by atoms with Crippen LogP contribution in [0.2, 0.25) is 0 Å². The predicted octanol–water partition coefficient (Wildman–Crippen LogP) is 0.948. The van der Waals surface area contributed by atoms with Crippen molar-refractivity contribution in [3.05, 3.63) is 0 Å². The fraction of sp³-hybridized carbons (Fsp3) is 0.909. The van der Waals surface area contributed by atoms with E-state index >= 15 is 0 Å². The second-order valence-electron chi connectivity index (χ2n) is 4.75. The number of alkyl halides is 1. The minimum absolute atomic E-state index is 0.00657. The van der Waals surface area contributed by atoms with Crippen molar-refractivity contribution in [2.24, 2.45) is 5.41 Å². The van der Waals surface area contributed by atoms with Crippen molar-refractivity contribution in [3.63, 3.8) is 0 Å². The van der Waals surface area contributed by atoms with Crippen LogP contribution in [0, 0.1) is 5.41 Å². The van der Waals surface area contributed by atoms with Crippen LogP contribution < -0.4 is 5.32 Å². The zero-order chi connectivity index (χ0) is 10.7. The molecule has 0 saturated carbocycles. The van der Waals surface area contributed by atoms with E-state index in [-0.39, 0.29) is 12.3 Å². The number of nitrogens with one attached hydrogen (secondary N) is 1. The number of halogens is 1. The first kappa shape index (κ1) is 10.9. The van der Waals surface area contributed by atoms with Crippen molar-refractivity contribution in [2.75, 3.05) is 32.9 Å². The first-order valence-corrected chi connectivity index (χ1v) is 5.80. The summed E-state index contributed by atoms with van der Waals surface area (Å²) in [5.74, 6) is -0.00657. The van der Waals surface area contributed by atoms with E-state index in [1.54, 1.807) is 0 Å². The lowest BCUT2D eigenvalue weighted by molar-refractivity contribution is -0.130. The van der Waals surface area contributed by atoms with Crippen LogP contribution in [0.25, 0.3) is 0 Å². The van der Waals surface area contributed by atoms with Gasteiger partial charge in [0.25, 0.3) is 0 Å². The van der Waals surface area contributed by atoms with E-state index in [2.05, 4.69) is 5.32 Å². The molecule has 1 spiro atoms. The molecule has 2 saturated heterocycles. The highest BCUT2D eigenvalue weighted by molar-refractivity contribution is 5.76. The minimum atomic E-state index is -0.524. The predicted molar refractivity (Wildman–Crippen MR) is 56.3 cm³/mol. The van der Waals surface area contributed by atoms with E-state index in [1.165, 1.54) is 0 Å². The Kier molecular flexibility index (Phi) is 3.24. The Hall–Kier alpha value is -0.640. The molecule has 4 heteroatoms. The normalized spacial score (nSPS) is 24.7. The van der Waals surface area contributed by atoms with Crippen molar-refractivity contribution in [1.29, 1.82) is 0 Å². The van der Waals surface area contributed by atoms with Gasteiger partial charge in [-0.1, -0.05) is 0 Å². The molecule has 2 heterocycles. The van der Waals surface area contributed by atoms with Crippen LogP contribution in [0.15, 0.2) is 0 Å². The van der Waals surface area contributed by atoms with Gasteiger partial charge in [0.05, 0.1) is 13.1 Å². The van der Waals surface area contributed by atoms with Gasteiger partial charge in [0, 0.05) is 13.1 Å². The third-order valence-corrected chi connectivity index (χ3v) is 3.76. The standard InChI is InChI=1S/C11H19FN2O/c12-5-1-10(15)14-8-4-11(9-14)2-6-13-7-3-11/h13H,1-9H2. The van der Waals surface area contributed by atoms with Crippen LogP contribution in [-0.4, -0.2) is 43.7 Å². The summed E-state index contributed by atoms with van der Waals surface area (Å²) >= 11 is 0. The van der Waals surface area contributed by atoms with Crippen molar-refractivity contribution in [3.8, 4) is 0 Å². The summed E-state index contributed by atoms with van der Waals surface area (Å²) in [6, 6.07) is 0. The average Bonchev–Trinajstić information content (AvgIpc) is 2.64. The number of hydrogen-bond acceptors (Lipinski definition) is 2. The second kappa shape index (κ2) is 4.47. The molecule has 1 amide bonds. The number of piperidine rings is 1. The van der Waals surface area contributed by atoms with Crippen LogP contribution in [-0.2, 0) is 4.79 Å². The fourth-order valence-electron chi connectivity index (χ4n) is 2.75. The number of nitrogens with zero attached hydrogens (tertiary/aromatic N) is 1. The molecule has 0 aromatic rings. The van der Waals surface area contributed by atoms with E-state index in [9.17, 15) is 9.18 Å². The molecule has 0 unspecified atom stereocenters. The van der Waals surface area contributed by atoms with Gasteiger partial charge in [-0.3, -0.25) is 9.18 Å². The van der Waals surface area contributed by atoms with Crippen LogP contribution >= 0.6 is 0 Å². The molecule has 2 aliphatic rings. The monoisotopic (exact) mass is 214 g/mol. The average molecular weight is 214 g/mol. The Bertz CT molecular complexity index is 239. The van der Waals surface area contributed by atoms with Crippen LogP contribution in [0.5, 0.6) is 0 Å². The van der Waals surface area contributed by atoms with Gasteiger partial charge in [0.2, 0.25) is 5.91 Å². The maximum absolute atomic E-state index is 12.1. The molecule has 86 valence electrons. The third kappa shape index (κ3) is 2.30. The Morgan fingerprint density at radius 1 is 1.33 bits per heavy atom. The Morgan fingerprint density at radius 3 is 2.73 bits per heavy atom. The van der Waals surface area contributed by atoms with E-state index in [0.29, 0.717) is 5.41 Å². The highest BCUT2D eigenvalue weighted by atomic mass is 19.1. The number of amides is 1. The van der Waals surface area contributed by atoms with Crippen molar-refractivity contribution >= 4 is 5.91 Å². The SMILES string of the molecule is O=C(CCF)N1CCC2(CCNCC2)C1. The van der Waals surface area contributed by atoms with Gasteiger partial charge < -0.3 is 10.2 Å². The van der Waals surface area contributed by atoms with E-state index in [0.717, 1.165) is 45.4 Å². The summed E-state index contributed by atoms with van der Waals surface area (Å²) in [5, 5.41) is 3.34. The maximum Gasteiger partial charge on any atom is 0.225 e. The second-order valence-corrected chi connectivity index (χ2v) is 4.75. The van der Waals surface area contributed by atoms with Gasteiger partial charge in [0.1, 0.15) is 0 Å². The summed E-state index contributed by atoms with van der Waals surface area (Å²) < 4.78 is 12.1. The molecular weight excluding hydrogens is 195 g/mol. The number of likely N-dealkylation sites (tertiary alicyclic amines) is 1. The van der Waals surface area contributed by atoms with Crippen LogP contribution in [0.1, 0.15) is 25.7 Å². The summed E-state index contributed by atoms with van der Waals surface area (Å²) in [6.45, 7) is 3.28. The van der Waals surface area contributed by atoms with Gasteiger partial charge in [-0.15, -0.1) is 0 Å². The van der Waals surface area contributed by atoms with Gasteiger partial charge in [-0.05, 0) is 37.8 Å². The molecule has 1 N–H and O–H groups in total. The van der Waals surface area contributed by atoms with Gasteiger partial charge in [0.15, 0.2) is 0 Å². The molecule has 0 aliphatic carbocycles. The number of carbonyl (C=O) groups excluding carboxylic acids is 1. The Balaban J connectivity index is 1.90. The smallest absolute Gasteiger partial charge is 0.225 e. The van der Waals surface area contributed by atoms with Crippen LogP contribution in [0.4, 0.5) is 4.39 Å². The quantitative estimate of drug-likeness (QED) is 0.742. The van der Waals surface area contributed by atoms with E-state index in [1.807, 2.05) is 4.90 Å². The molecule has 2 aliphatic heterocycles. The zero-order valence-electron chi connectivity index (χ0n) is 9.10. The lowest BCUT2D eigenvalue weighted by Gasteiger charge is -2.33. The highest BCUT2D eigenvalue weighted by Crippen LogP contribution is 2.38. The summed E-state index contributed by atoms with van der Waals surface area (Å²) in [4.78, 5) is 13.4. The molecule has 0 bridgehead atoms. The number of carbonyl (C=O) groups is 1. The first-order chi connectivity index (χ1) is 7.26. The maximum atomic E-state index is 12.1. The van der Waals surface area contributed by atoms with Gasteiger partial charge in [-0.2, -0.15) is 0 Å². The van der Waals surface area contributed by atoms with Crippen molar-refractivity contribution in [1.82, 2.24) is 10.2 Å². The molecule has 2 rings (SSSR count). The summed E-state index contributed by atoms with van der Waals surface area (Å²) in [6.07, 6.45) is 3.49. The molecule has 0 radical (unpaired) electrons. The number of hydrogen-bond donors (Lipinski definition) is 1. The third-order valence-electron chi connectivity index (χ3n) is 3.76. The first-order valence-electron chi connectivity index (χ1n) is 5.80.